The van der Waals surface area contributed by atoms with Crippen molar-refractivity contribution in [3.63, 3.8) is 0 Å². The summed E-state index contributed by atoms with van der Waals surface area (Å²) < 4.78 is 13.5. The summed E-state index contributed by atoms with van der Waals surface area (Å²) in [4.78, 5) is 2.25. The van der Waals surface area contributed by atoms with E-state index in [0.29, 0.717) is 9.89 Å². The largest absolute Gasteiger partial charge is 0.370 e. The van der Waals surface area contributed by atoms with Gasteiger partial charge in [0, 0.05) is 18.8 Å². The molecule has 0 unspecified atom stereocenters. The molecule has 0 bridgehead atoms. The van der Waals surface area contributed by atoms with Crippen molar-refractivity contribution >= 4 is 21.6 Å². The van der Waals surface area contributed by atoms with Gasteiger partial charge in [0.15, 0.2) is 0 Å². The van der Waals surface area contributed by atoms with E-state index in [-0.39, 0.29) is 5.82 Å². The maximum Gasteiger partial charge on any atom is 0.137 e. The van der Waals surface area contributed by atoms with Crippen LogP contribution in [-0.2, 0) is 0 Å². The van der Waals surface area contributed by atoms with Gasteiger partial charge in [-0.15, -0.1) is 0 Å². The molecular weight excluding hydrogens is 245 g/mol. The van der Waals surface area contributed by atoms with Gasteiger partial charge < -0.3 is 4.90 Å². The summed E-state index contributed by atoms with van der Waals surface area (Å²) in [5, 5.41) is 0. The maximum atomic E-state index is 13.0. The minimum absolute atomic E-state index is 0.200. The first-order chi connectivity index (χ1) is 6.48. The van der Waals surface area contributed by atoms with E-state index in [0.717, 1.165) is 18.8 Å². The molecule has 1 aromatic rings. The Morgan fingerprint density at radius 3 is 2.50 bits per heavy atom. The fraction of sp³-hybridized carbons (Fsp3) is 0.455. The fourth-order valence-electron chi connectivity index (χ4n) is 1.85. The number of anilines is 1. The molecule has 0 aromatic heterocycles. The molecule has 1 aromatic carbocycles. The number of rotatable bonds is 1. The van der Waals surface area contributed by atoms with Crippen LogP contribution in [0.5, 0.6) is 0 Å². The summed E-state index contributed by atoms with van der Waals surface area (Å²) >= 11 is 3.19. The summed E-state index contributed by atoms with van der Waals surface area (Å²) in [6.45, 7) is 6.57. The molecular formula is C11H13BrFN. The fourth-order valence-corrected chi connectivity index (χ4v) is 2.22. The average molecular weight is 258 g/mol. The Morgan fingerprint density at radius 2 is 2.00 bits per heavy atom. The summed E-state index contributed by atoms with van der Waals surface area (Å²) in [5.74, 6) is -0.200. The molecule has 1 nitrogen and oxygen atoms in total. The van der Waals surface area contributed by atoms with Gasteiger partial charge in [-0.2, -0.15) is 0 Å². The van der Waals surface area contributed by atoms with Gasteiger partial charge in [0.1, 0.15) is 5.82 Å². The molecule has 2 rings (SSSR count). The van der Waals surface area contributed by atoms with E-state index in [1.54, 1.807) is 0 Å². The molecule has 1 fully saturated rings. The zero-order chi connectivity index (χ0) is 10.3. The molecule has 0 radical (unpaired) electrons. The standard InChI is InChI=1S/C11H13BrFN/c1-11(2)6-14(7-11)8-3-4-10(13)9(12)5-8/h3-5H,6-7H2,1-2H3. The van der Waals surface area contributed by atoms with Gasteiger partial charge in [0.25, 0.3) is 0 Å². The highest BCUT2D eigenvalue weighted by atomic mass is 79.9. The molecule has 1 saturated heterocycles. The predicted molar refractivity (Wildman–Crippen MR) is 60.1 cm³/mol. The molecule has 76 valence electrons. The SMILES string of the molecule is CC1(C)CN(c2ccc(F)c(Br)c2)C1. The summed E-state index contributed by atoms with van der Waals surface area (Å²) in [6.07, 6.45) is 0. The topological polar surface area (TPSA) is 3.24 Å². The Bertz CT molecular complexity index is 354. The quantitative estimate of drug-likeness (QED) is 0.745. The first-order valence-electron chi connectivity index (χ1n) is 4.68. The highest BCUT2D eigenvalue weighted by molar-refractivity contribution is 9.10. The zero-order valence-corrected chi connectivity index (χ0v) is 9.94. The van der Waals surface area contributed by atoms with Crippen molar-refractivity contribution in [2.45, 2.75) is 13.8 Å². The van der Waals surface area contributed by atoms with Crippen LogP contribution in [0.1, 0.15) is 13.8 Å². The summed E-state index contributed by atoms with van der Waals surface area (Å²) in [6, 6.07) is 5.17. The van der Waals surface area contributed by atoms with E-state index in [9.17, 15) is 4.39 Å². The van der Waals surface area contributed by atoms with Crippen LogP contribution >= 0.6 is 15.9 Å². The third-order valence-corrected chi connectivity index (χ3v) is 3.11. The predicted octanol–water partition coefficient (Wildman–Crippen LogP) is 3.43. The minimum atomic E-state index is -0.200. The van der Waals surface area contributed by atoms with Crippen molar-refractivity contribution in [3.8, 4) is 0 Å². The normalized spacial score (nSPS) is 19.3. The summed E-state index contributed by atoms with van der Waals surface area (Å²) in [7, 11) is 0. The lowest BCUT2D eigenvalue weighted by Crippen LogP contribution is -2.53. The molecule has 14 heavy (non-hydrogen) atoms. The van der Waals surface area contributed by atoms with Crippen LogP contribution in [0.25, 0.3) is 0 Å². The van der Waals surface area contributed by atoms with Crippen LogP contribution in [0.15, 0.2) is 22.7 Å². The molecule has 1 aliphatic rings. The van der Waals surface area contributed by atoms with Gasteiger partial charge in [-0.1, -0.05) is 13.8 Å². The molecule has 0 N–H and O–H groups in total. The molecule has 3 heteroatoms. The van der Waals surface area contributed by atoms with Crippen molar-refractivity contribution in [2.75, 3.05) is 18.0 Å². The van der Waals surface area contributed by atoms with Gasteiger partial charge in [-0.25, -0.2) is 4.39 Å². The van der Waals surface area contributed by atoms with E-state index in [2.05, 4.69) is 34.7 Å². The second kappa shape index (κ2) is 3.23. The Hall–Kier alpha value is -0.570. The molecule has 0 atom stereocenters. The maximum absolute atomic E-state index is 13.0. The van der Waals surface area contributed by atoms with Crippen molar-refractivity contribution in [2.24, 2.45) is 5.41 Å². The lowest BCUT2D eigenvalue weighted by molar-refractivity contribution is 0.276. The van der Waals surface area contributed by atoms with Crippen LogP contribution < -0.4 is 4.90 Å². The van der Waals surface area contributed by atoms with Crippen molar-refractivity contribution in [3.05, 3.63) is 28.5 Å². The molecule has 0 spiro atoms. The third kappa shape index (κ3) is 1.78. The molecule has 0 amide bonds. The van der Waals surface area contributed by atoms with E-state index in [1.165, 1.54) is 6.07 Å². The van der Waals surface area contributed by atoms with Crippen LogP contribution in [0, 0.1) is 11.2 Å². The van der Waals surface area contributed by atoms with Crippen LogP contribution in [0.2, 0.25) is 0 Å². The van der Waals surface area contributed by atoms with Crippen molar-refractivity contribution < 1.29 is 4.39 Å². The van der Waals surface area contributed by atoms with Gasteiger partial charge in [-0.05, 0) is 39.5 Å². The smallest absolute Gasteiger partial charge is 0.137 e. The number of nitrogens with zero attached hydrogens (tertiary/aromatic N) is 1. The van der Waals surface area contributed by atoms with Gasteiger partial charge in [-0.3, -0.25) is 0 Å². The Kier molecular flexibility index (Phi) is 2.30. The monoisotopic (exact) mass is 257 g/mol. The zero-order valence-electron chi connectivity index (χ0n) is 8.35. The second-order valence-electron chi connectivity index (χ2n) is 4.62. The minimum Gasteiger partial charge on any atom is -0.370 e. The van der Waals surface area contributed by atoms with Crippen LogP contribution in [0.4, 0.5) is 10.1 Å². The summed E-state index contributed by atoms with van der Waals surface area (Å²) in [5.41, 5.74) is 1.50. The van der Waals surface area contributed by atoms with Gasteiger partial charge >= 0.3 is 0 Å². The Labute approximate surface area is 92.0 Å². The number of hydrogen-bond donors (Lipinski definition) is 0. The Morgan fingerprint density at radius 1 is 1.36 bits per heavy atom. The van der Waals surface area contributed by atoms with Gasteiger partial charge in [0.2, 0.25) is 0 Å². The van der Waals surface area contributed by atoms with Crippen LogP contribution in [0.3, 0.4) is 0 Å². The second-order valence-corrected chi connectivity index (χ2v) is 5.47. The number of halogens is 2. The average Bonchev–Trinajstić information content (AvgIpc) is 2.06. The van der Waals surface area contributed by atoms with Crippen LogP contribution in [-0.4, -0.2) is 13.1 Å². The lowest BCUT2D eigenvalue weighted by atomic mass is 9.84. The third-order valence-electron chi connectivity index (χ3n) is 2.51. The molecule has 0 aliphatic carbocycles. The van der Waals surface area contributed by atoms with E-state index in [1.807, 2.05) is 12.1 Å². The lowest BCUT2D eigenvalue weighted by Gasteiger charge is -2.47. The first-order valence-corrected chi connectivity index (χ1v) is 5.47. The number of hydrogen-bond acceptors (Lipinski definition) is 1. The van der Waals surface area contributed by atoms with E-state index in [4.69, 9.17) is 0 Å². The Balaban J connectivity index is 2.16. The van der Waals surface area contributed by atoms with E-state index < -0.39 is 0 Å². The highest BCUT2D eigenvalue weighted by Crippen LogP contribution is 2.34. The number of benzene rings is 1. The van der Waals surface area contributed by atoms with Gasteiger partial charge in [0.05, 0.1) is 4.47 Å². The van der Waals surface area contributed by atoms with Crippen molar-refractivity contribution in [1.29, 1.82) is 0 Å². The van der Waals surface area contributed by atoms with Crippen molar-refractivity contribution in [1.82, 2.24) is 0 Å². The van der Waals surface area contributed by atoms with E-state index >= 15 is 0 Å². The molecule has 0 saturated carbocycles. The molecule has 1 heterocycles. The highest BCUT2D eigenvalue weighted by Gasteiger charge is 2.34. The first kappa shape index (κ1) is 9.97. The molecule has 1 aliphatic heterocycles.